The number of sulfonamides is 1. The molecule has 1 aliphatic rings. The molecule has 1 aliphatic carbocycles. The summed E-state index contributed by atoms with van der Waals surface area (Å²) in [5.41, 5.74) is 0. The maximum absolute atomic E-state index is 12.4. The second-order valence-electron chi connectivity index (χ2n) is 4.98. The van der Waals surface area contributed by atoms with Gasteiger partial charge in [-0.15, -0.1) is 0 Å². The standard InChI is InChI=1S/C12H21N3O3S/c1-14(11-5-2-3-6-11)19(17,18)12-9-13-15(10-12)7-4-8-16/h9-11,16H,2-8H2,1H3. The summed E-state index contributed by atoms with van der Waals surface area (Å²) in [4.78, 5) is 0.236. The molecule has 0 amide bonds. The van der Waals surface area contributed by atoms with Crippen LogP contribution >= 0.6 is 0 Å². The van der Waals surface area contributed by atoms with Crippen LogP contribution in [0.5, 0.6) is 0 Å². The monoisotopic (exact) mass is 287 g/mol. The molecule has 1 saturated carbocycles. The van der Waals surface area contributed by atoms with E-state index in [0.717, 1.165) is 25.7 Å². The van der Waals surface area contributed by atoms with E-state index < -0.39 is 10.0 Å². The number of aromatic nitrogens is 2. The molecule has 0 radical (unpaired) electrons. The maximum Gasteiger partial charge on any atom is 0.246 e. The number of aliphatic hydroxyl groups excluding tert-OH is 1. The number of hydrogen-bond donors (Lipinski definition) is 1. The number of hydrogen-bond acceptors (Lipinski definition) is 4. The molecule has 0 atom stereocenters. The van der Waals surface area contributed by atoms with Crippen LogP contribution in [-0.4, -0.2) is 47.3 Å². The van der Waals surface area contributed by atoms with Crippen LogP contribution in [0.4, 0.5) is 0 Å². The maximum atomic E-state index is 12.4. The third kappa shape index (κ3) is 3.16. The first kappa shape index (κ1) is 14.5. The van der Waals surface area contributed by atoms with Crippen LogP contribution < -0.4 is 0 Å². The van der Waals surface area contributed by atoms with Crippen molar-refractivity contribution in [2.75, 3.05) is 13.7 Å². The van der Waals surface area contributed by atoms with E-state index in [2.05, 4.69) is 5.10 Å². The SMILES string of the molecule is CN(C1CCCC1)S(=O)(=O)c1cnn(CCCO)c1. The smallest absolute Gasteiger partial charge is 0.246 e. The predicted molar refractivity (Wildman–Crippen MR) is 71.1 cm³/mol. The van der Waals surface area contributed by atoms with Gasteiger partial charge in [-0.25, -0.2) is 8.42 Å². The van der Waals surface area contributed by atoms with Gasteiger partial charge in [-0.3, -0.25) is 4.68 Å². The first-order valence-electron chi connectivity index (χ1n) is 6.67. The van der Waals surface area contributed by atoms with Gasteiger partial charge in [0, 0.05) is 32.4 Å². The molecule has 0 saturated heterocycles. The van der Waals surface area contributed by atoms with Crippen LogP contribution in [0, 0.1) is 0 Å². The van der Waals surface area contributed by atoms with Crippen LogP contribution in [0.15, 0.2) is 17.3 Å². The predicted octanol–water partition coefficient (Wildman–Crippen LogP) is 0.829. The molecule has 0 unspecified atom stereocenters. The summed E-state index contributed by atoms with van der Waals surface area (Å²) >= 11 is 0. The van der Waals surface area contributed by atoms with Crippen LogP contribution in [0.2, 0.25) is 0 Å². The van der Waals surface area contributed by atoms with E-state index in [1.807, 2.05) is 0 Å². The van der Waals surface area contributed by atoms with E-state index in [4.69, 9.17) is 5.11 Å². The van der Waals surface area contributed by atoms with E-state index in [-0.39, 0.29) is 17.5 Å². The lowest BCUT2D eigenvalue weighted by molar-refractivity contribution is 0.277. The minimum absolute atomic E-state index is 0.0733. The number of aryl methyl sites for hydroxylation is 1. The first-order chi connectivity index (χ1) is 9.05. The summed E-state index contributed by atoms with van der Waals surface area (Å²) in [6.45, 7) is 0.600. The lowest BCUT2D eigenvalue weighted by atomic mass is 10.3. The quantitative estimate of drug-likeness (QED) is 0.841. The summed E-state index contributed by atoms with van der Waals surface area (Å²) in [7, 11) is -1.79. The lowest BCUT2D eigenvalue weighted by Gasteiger charge is -2.22. The van der Waals surface area contributed by atoms with Gasteiger partial charge in [-0.2, -0.15) is 9.40 Å². The number of nitrogens with zero attached hydrogens (tertiary/aromatic N) is 3. The van der Waals surface area contributed by atoms with Crippen molar-refractivity contribution in [2.24, 2.45) is 0 Å². The second kappa shape index (κ2) is 6.02. The summed E-state index contributed by atoms with van der Waals surface area (Å²) in [6.07, 6.45) is 7.57. The molecule has 1 fully saturated rings. The van der Waals surface area contributed by atoms with Gasteiger partial charge in [0.05, 0.1) is 6.20 Å². The molecule has 7 heteroatoms. The molecule has 0 aromatic carbocycles. The van der Waals surface area contributed by atoms with Crippen LogP contribution in [0.1, 0.15) is 32.1 Å². The molecule has 0 spiro atoms. The van der Waals surface area contributed by atoms with Gasteiger partial charge in [-0.05, 0) is 19.3 Å². The van der Waals surface area contributed by atoms with Crippen molar-refractivity contribution < 1.29 is 13.5 Å². The Morgan fingerprint density at radius 2 is 2.16 bits per heavy atom. The van der Waals surface area contributed by atoms with Crippen LogP contribution in [-0.2, 0) is 16.6 Å². The molecule has 0 bridgehead atoms. The highest BCUT2D eigenvalue weighted by atomic mass is 32.2. The number of rotatable bonds is 6. The van der Waals surface area contributed by atoms with Crippen molar-refractivity contribution in [3.05, 3.63) is 12.4 Å². The Bertz CT molecular complexity index is 506. The van der Waals surface area contributed by atoms with E-state index in [1.54, 1.807) is 11.7 Å². The van der Waals surface area contributed by atoms with Gasteiger partial charge >= 0.3 is 0 Å². The molecule has 1 N–H and O–H groups in total. The molecule has 0 aliphatic heterocycles. The summed E-state index contributed by atoms with van der Waals surface area (Å²) < 4.78 is 27.9. The Morgan fingerprint density at radius 3 is 2.79 bits per heavy atom. The van der Waals surface area contributed by atoms with Crippen molar-refractivity contribution in [3.63, 3.8) is 0 Å². The van der Waals surface area contributed by atoms with E-state index in [1.165, 1.54) is 16.7 Å². The van der Waals surface area contributed by atoms with Crippen molar-refractivity contribution in [1.82, 2.24) is 14.1 Å². The second-order valence-corrected chi connectivity index (χ2v) is 6.97. The van der Waals surface area contributed by atoms with Gasteiger partial charge in [0.25, 0.3) is 0 Å². The lowest BCUT2D eigenvalue weighted by Crippen LogP contribution is -2.35. The van der Waals surface area contributed by atoms with Crippen molar-refractivity contribution in [2.45, 2.75) is 49.6 Å². The molecule has 2 rings (SSSR count). The average molecular weight is 287 g/mol. The van der Waals surface area contributed by atoms with E-state index in [9.17, 15) is 8.42 Å². The van der Waals surface area contributed by atoms with Crippen molar-refractivity contribution >= 4 is 10.0 Å². The fraction of sp³-hybridized carbons (Fsp3) is 0.750. The fourth-order valence-electron chi connectivity index (χ4n) is 2.46. The first-order valence-corrected chi connectivity index (χ1v) is 8.11. The number of aliphatic hydroxyl groups is 1. The zero-order valence-electron chi connectivity index (χ0n) is 11.2. The van der Waals surface area contributed by atoms with Gasteiger partial charge in [0.2, 0.25) is 10.0 Å². The third-order valence-electron chi connectivity index (χ3n) is 3.67. The molecule has 1 heterocycles. The molecule has 1 aromatic heterocycles. The van der Waals surface area contributed by atoms with Crippen LogP contribution in [0.3, 0.4) is 0 Å². The Balaban J connectivity index is 2.12. The van der Waals surface area contributed by atoms with Gasteiger partial charge in [-0.1, -0.05) is 12.8 Å². The minimum Gasteiger partial charge on any atom is -0.396 e. The molecular weight excluding hydrogens is 266 g/mol. The molecule has 19 heavy (non-hydrogen) atoms. The Hall–Kier alpha value is -0.920. The average Bonchev–Trinajstić information content (AvgIpc) is 3.06. The Morgan fingerprint density at radius 1 is 1.47 bits per heavy atom. The highest BCUT2D eigenvalue weighted by Crippen LogP contribution is 2.26. The van der Waals surface area contributed by atoms with Gasteiger partial charge in [0.15, 0.2) is 0 Å². The zero-order chi connectivity index (χ0) is 13.9. The summed E-state index contributed by atoms with van der Waals surface area (Å²) in [6, 6.07) is 0.116. The topological polar surface area (TPSA) is 75.4 Å². The highest BCUT2D eigenvalue weighted by Gasteiger charge is 2.30. The molecule has 6 nitrogen and oxygen atoms in total. The Kier molecular flexibility index (Phi) is 4.59. The third-order valence-corrected chi connectivity index (χ3v) is 5.53. The highest BCUT2D eigenvalue weighted by molar-refractivity contribution is 7.89. The summed E-state index contributed by atoms with van der Waals surface area (Å²) in [5.74, 6) is 0. The van der Waals surface area contributed by atoms with Crippen molar-refractivity contribution in [1.29, 1.82) is 0 Å². The zero-order valence-corrected chi connectivity index (χ0v) is 12.0. The van der Waals surface area contributed by atoms with E-state index >= 15 is 0 Å². The Labute approximate surface area is 114 Å². The van der Waals surface area contributed by atoms with Crippen LogP contribution in [0.25, 0.3) is 0 Å². The largest absolute Gasteiger partial charge is 0.396 e. The normalized spacial score (nSPS) is 17.4. The van der Waals surface area contributed by atoms with Gasteiger partial charge < -0.3 is 5.11 Å². The van der Waals surface area contributed by atoms with Crippen molar-refractivity contribution in [3.8, 4) is 0 Å². The summed E-state index contributed by atoms with van der Waals surface area (Å²) in [5, 5.41) is 12.8. The minimum atomic E-state index is -3.44. The molecule has 108 valence electrons. The fourth-order valence-corrected chi connectivity index (χ4v) is 3.83. The van der Waals surface area contributed by atoms with E-state index in [0.29, 0.717) is 13.0 Å². The van der Waals surface area contributed by atoms with Gasteiger partial charge in [0.1, 0.15) is 4.90 Å². The molecular formula is C12H21N3O3S. The molecule has 1 aromatic rings.